The molecule has 0 spiro atoms. The Morgan fingerprint density at radius 3 is 2.61 bits per heavy atom. The topological polar surface area (TPSA) is 91.2 Å². The van der Waals surface area contributed by atoms with E-state index < -0.39 is 0 Å². The number of benzene rings is 2. The molecule has 0 saturated heterocycles. The Labute approximate surface area is 179 Å². The van der Waals surface area contributed by atoms with Gasteiger partial charge in [0.15, 0.2) is 0 Å². The number of fused-ring (bicyclic) bond motifs is 1. The Bertz CT molecular complexity index is 1150. The second-order valence-corrected chi connectivity index (χ2v) is 7.06. The van der Waals surface area contributed by atoms with Crippen LogP contribution in [0.4, 0.5) is 0 Å². The van der Waals surface area contributed by atoms with Gasteiger partial charge in [-0.1, -0.05) is 30.3 Å². The first kappa shape index (κ1) is 20.5. The van der Waals surface area contributed by atoms with Gasteiger partial charge < -0.3 is 14.8 Å². The van der Waals surface area contributed by atoms with Crippen molar-refractivity contribution >= 4 is 16.8 Å². The summed E-state index contributed by atoms with van der Waals surface area (Å²) in [4.78, 5) is 20.6. The highest BCUT2D eigenvalue weighted by atomic mass is 16.5. The second-order valence-electron chi connectivity index (χ2n) is 7.06. The molecule has 0 fully saturated rings. The zero-order valence-electron chi connectivity index (χ0n) is 17.3. The van der Waals surface area contributed by atoms with Gasteiger partial charge in [-0.25, -0.2) is 9.97 Å². The Morgan fingerprint density at radius 1 is 1.10 bits per heavy atom. The van der Waals surface area contributed by atoms with Crippen molar-refractivity contribution in [2.45, 2.75) is 19.1 Å². The molecule has 0 bridgehead atoms. The Hall–Kier alpha value is -3.78. The lowest BCUT2D eigenvalue weighted by atomic mass is 10.0. The van der Waals surface area contributed by atoms with E-state index in [0.29, 0.717) is 11.7 Å². The van der Waals surface area contributed by atoms with Crippen molar-refractivity contribution in [3.63, 3.8) is 0 Å². The van der Waals surface area contributed by atoms with Gasteiger partial charge in [-0.3, -0.25) is 4.79 Å². The first-order valence-electron chi connectivity index (χ1n) is 9.91. The van der Waals surface area contributed by atoms with Gasteiger partial charge in [0.05, 0.1) is 17.8 Å². The summed E-state index contributed by atoms with van der Waals surface area (Å²) in [5.41, 5.74) is 1.83. The molecule has 4 aromatic rings. The predicted molar refractivity (Wildman–Crippen MR) is 116 cm³/mol. The first-order chi connectivity index (χ1) is 15.2. The van der Waals surface area contributed by atoms with E-state index >= 15 is 0 Å². The molecule has 2 atom stereocenters. The van der Waals surface area contributed by atoms with Crippen molar-refractivity contribution in [1.82, 2.24) is 25.1 Å². The first-order valence-corrected chi connectivity index (χ1v) is 9.91. The van der Waals surface area contributed by atoms with E-state index in [1.165, 1.54) is 7.11 Å². The largest absolute Gasteiger partial charge is 0.484 e. The standard InChI is InChI=1S/C23H23N5O3/c1-16(27-21(29)15-30-2)22(17-7-4-3-5-8-17)31-19-9-10-20-18(13-19)14-26-28(20)23-24-11-6-12-25-23/h3-14,16,22H,15H2,1-2H3,(H,27,29)/t16-,22-/m0/s1. The summed E-state index contributed by atoms with van der Waals surface area (Å²) in [5.74, 6) is 0.977. The maximum Gasteiger partial charge on any atom is 0.251 e. The molecule has 1 N–H and O–H groups in total. The SMILES string of the molecule is COCC(=O)N[C@@H](C)[C@H](Oc1ccc2c(cnn2-c2ncccn2)c1)c1ccccc1. The van der Waals surface area contributed by atoms with Crippen LogP contribution in [0.5, 0.6) is 5.75 Å². The molecule has 2 aromatic carbocycles. The molecule has 0 aliphatic carbocycles. The van der Waals surface area contributed by atoms with E-state index in [2.05, 4.69) is 20.4 Å². The second kappa shape index (κ2) is 9.36. The van der Waals surface area contributed by atoms with Crippen LogP contribution < -0.4 is 10.1 Å². The summed E-state index contributed by atoms with van der Waals surface area (Å²) in [6.45, 7) is 1.91. The Kier molecular flexibility index (Phi) is 6.18. The normalized spacial score (nSPS) is 13.0. The zero-order valence-corrected chi connectivity index (χ0v) is 17.3. The third-order valence-corrected chi connectivity index (χ3v) is 4.79. The van der Waals surface area contributed by atoms with Gasteiger partial charge in [0.2, 0.25) is 5.91 Å². The maximum absolute atomic E-state index is 12.0. The number of carbonyl (C=O) groups is 1. The minimum absolute atomic E-state index is 0.00144. The molecule has 1 amide bonds. The van der Waals surface area contributed by atoms with Crippen LogP contribution in [-0.4, -0.2) is 45.4 Å². The fourth-order valence-electron chi connectivity index (χ4n) is 3.39. The molecule has 0 aliphatic heterocycles. The number of nitrogens with zero attached hydrogens (tertiary/aromatic N) is 4. The highest BCUT2D eigenvalue weighted by molar-refractivity contribution is 5.81. The lowest BCUT2D eigenvalue weighted by Crippen LogP contribution is -2.40. The van der Waals surface area contributed by atoms with E-state index in [-0.39, 0.29) is 24.7 Å². The van der Waals surface area contributed by atoms with Gasteiger partial charge in [0, 0.05) is 24.9 Å². The monoisotopic (exact) mass is 417 g/mol. The molecule has 31 heavy (non-hydrogen) atoms. The van der Waals surface area contributed by atoms with Crippen molar-refractivity contribution < 1.29 is 14.3 Å². The van der Waals surface area contributed by atoms with E-state index in [1.807, 2.05) is 55.5 Å². The predicted octanol–water partition coefficient (Wildman–Crippen LogP) is 3.09. The quantitative estimate of drug-likeness (QED) is 0.474. The third kappa shape index (κ3) is 4.70. The van der Waals surface area contributed by atoms with E-state index in [1.54, 1.807) is 29.3 Å². The van der Waals surface area contributed by atoms with Gasteiger partial charge in [-0.05, 0) is 36.8 Å². The van der Waals surface area contributed by atoms with E-state index in [9.17, 15) is 4.79 Å². The number of aromatic nitrogens is 4. The molecule has 8 nitrogen and oxygen atoms in total. The van der Waals surface area contributed by atoms with Crippen LogP contribution in [0.2, 0.25) is 0 Å². The number of ether oxygens (including phenoxy) is 2. The average molecular weight is 417 g/mol. The molecule has 8 heteroatoms. The molecule has 0 unspecified atom stereocenters. The number of methoxy groups -OCH3 is 1. The van der Waals surface area contributed by atoms with Crippen molar-refractivity contribution in [2.24, 2.45) is 0 Å². The van der Waals surface area contributed by atoms with Gasteiger partial charge in [-0.15, -0.1) is 0 Å². The molecular formula is C23H23N5O3. The molecule has 0 aliphatic rings. The summed E-state index contributed by atoms with van der Waals surface area (Å²) >= 11 is 0. The summed E-state index contributed by atoms with van der Waals surface area (Å²) in [6, 6.07) is 17.0. The number of nitrogens with one attached hydrogen (secondary N) is 1. The molecular weight excluding hydrogens is 394 g/mol. The van der Waals surface area contributed by atoms with Crippen LogP contribution in [0.3, 0.4) is 0 Å². The lowest BCUT2D eigenvalue weighted by molar-refractivity contribution is -0.126. The smallest absolute Gasteiger partial charge is 0.251 e. The van der Waals surface area contributed by atoms with Crippen molar-refractivity contribution in [3.8, 4) is 11.7 Å². The van der Waals surface area contributed by atoms with Crippen LogP contribution in [0, 0.1) is 0 Å². The number of rotatable bonds is 8. The summed E-state index contributed by atoms with van der Waals surface area (Å²) in [5, 5.41) is 8.24. The summed E-state index contributed by atoms with van der Waals surface area (Å²) < 4.78 is 12.9. The average Bonchev–Trinajstić information content (AvgIpc) is 3.22. The Morgan fingerprint density at radius 2 is 1.87 bits per heavy atom. The number of hydrogen-bond acceptors (Lipinski definition) is 6. The summed E-state index contributed by atoms with van der Waals surface area (Å²) in [6.07, 6.45) is 4.72. The fraction of sp³-hybridized carbons (Fsp3) is 0.217. The fourth-order valence-corrected chi connectivity index (χ4v) is 3.39. The van der Waals surface area contributed by atoms with Gasteiger partial charge >= 0.3 is 0 Å². The van der Waals surface area contributed by atoms with Crippen LogP contribution in [0.15, 0.2) is 73.2 Å². The van der Waals surface area contributed by atoms with Crippen molar-refractivity contribution in [3.05, 3.63) is 78.8 Å². The maximum atomic E-state index is 12.0. The lowest BCUT2D eigenvalue weighted by Gasteiger charge is -2.26. The molecule has 0 radical (unpaired) electrons. The molecule has 2 aromatic heterocycles. The number of hydrogen-bond donors (Lipinski definition) is 1. The Balaban J connectivity index is 1.61. The highest BCUT2D eigenvalue weighted by Gasteiger charge is 2.23. The van der Waals surface area contributed by atoms with Crippen LogP contribution >= 0.6 is 0 Å². The highest BCUT2D eigenvalue weighted by Crippen LogP contribution is 2.28. The molecule has 2 heterocycles. The number of carbonyl (C=O) groups excluding carboxylic acids is 1. The summed E-state index contributed by atoms with van der Waals surface area (Å²) in [7, 11) is 1.49. The van der Waals surface area contributed by atoms with Crippen molar-refractivity contribution in [2.75, 3.05) is 13.7 Å². The minimum atomic E-state index is -0.382. The molecule has 0 saturated carbocycles. The van der Waals surface area contributed by atoms with Crippen LogP contribution in [0.25, 0.3) is 16.9 Å². The van der Waals surface area contributed by atoms with Crippen molar-refractivity contribution in [1.29, 1.82) is 0 Å². The minimum Gasteiger partial charge on any atom is -0.484 e. The van der Waals surface area contributed by atoms with Gasteiger partial charge in [0.1, 0.15) is 18.5 Å². The van der Waals surface area contributed by atoms with Gasteiger partial charge in [0.25, 0.3) is 5.95 Å². The molecule has 158 valence electrons. The zero-order chi connectivity index (χ0) is 21.6. The van der Waals surface area contributed by atoms with E-state index in [0.717, 1.165) is 16.5 Å². The van der Waals surface area contributed by atoms with Gasteiger partial charge in [-0.2, -0.15) is 9.78 Å². The third-order valence-electron chi connectivity index (χ3n) is 4.79. The number of amides is 1. The van der Waals surface area contributed by atoms with Crippen LogP contribution in [0.1, 0.15) is 18.6 Å². The molecule has 4 rings (SSSR count). The van der Waals surface area contributed by atoms with Crippen LogP contribution in [-0.2, 0) is 9.53 Å². The van der Waals surface area contributed by atoms with E-state index in [4.69, 9.17) is 9.47 Å².